The summed E-state index contributed by atoms with van der Waals surface area (Å²) in [5.41, 5.74) is 12.8. The van der Waals surface area contributed by atoms with Gasteiger partial charge < -0.3 is 5.73 Å². The van der Waals surface area contributed by atoms with Crippen molar-refractivity contribution >= 4 is 11.5 Å². The van der Waals surface area contributed by atoms with Crippen LogP contribution in [-0.4, -0.2) is 5.78 Å². The first-order valence-electron chi connectivity index (χ1n) is 10.9. The molecule has 1 unspecified atom stereocenters. The molecule has 0 spiro atoms. The monoisotopic (exact) mass is 411 g/mol. The van der Waals surface area contributed by atoms with Crippen molar-refractivity contribution in [2.75, 3.05) is 4.90 Å². The van der Waals surface area contributed by atoms with E-state index in [1.807, 2.05) is 42.2 Å². The zero-order chi connectivity index (χ0) is 22.3. The minimum absolute atomic E-state index is 0.105. The Balaban J connectivity index is 1.97. The molecule has 0 aromatic heterocycles. The summed E-state index contributed by atoms with van der Waals surface area (Å²) in [5.74, 6) is 0.103. The largest absolute Gasteiger partial charge is 0.384 e. The number of nitriles is 1. The quantitative estimate of drug-likeness (QED) is 0.724. The summed E-state index contributed by atoms with van der Waals surface area (Å²) in [6.45, 7) is 8.38. The van der Waals surface area contributed by atoms with Gasteiger partial charge in [-0.2, -0.15) is 5.26 Å². The number of allylic oxidation sites excluding steroid dienone is 3. The fourth-order valence-electron chi connectivity index (χ4n) is 4.85. The van der Waals surface area contributed by atoms with Crippen LogP contribution in [-0.2, 0) is 11.2 Å². The van der Waals surface area contributed by atoms with Crippen molar-refractivity contribution in [3.05, 3.63) is 87.9 Å². The minimum Gasteiger partial charge on any atom is -0.384 e. The molecule has 0 radical (unpaired) electrons. The Kier molecular flexibility index (Phi) is 5.23. The molecule has 0 bridgehead atoms. The number of anilines is 1. The molecule has 0 saturated heterocycles. The van der Waals surface area contributed by atoms with E-state index < -0.39 is 5.92 Å². The second-order valence-electron chi connectivity index (χ2n) is 9.41. The summed E-state index contributed by atoms with van der Waals surface area (Å²) in [6.07, 6.45) is 2.14. The van der Waals surface area contributed by atoms with E-state index >= 15 is 0 Å². The lowest BCUT2D eigenvalue weighted by Gasteiger charge is -2.43. The molecule has 2 aliphatic rings. The minimum atomic E-state index is -0.421. The number of aryl methyl sites for hydroxylation is 2. The average molecular weight is 412 g/mol. The molecule has 1 heterocycles. The third-order valence-electron chi connectivity index (χ3n) is 6.36. The van der Waals surface area contributed by atoms with Crippen LogP contribution in [0.1, 0.15) is 56.2 Å². The molecule has 2 aromatic carbocycles. The van der Waals surface area contributed by atoms with Crippen LogP contribution in [0.25, 0.3) is 0 Å². The van der Waals surface area contributed by atoms with Crippen LogP contribution in [0.15, 0.2) is 71.2 Å². The van der Waals surface area contributed by atoms with Gasteiger partial charge in [0, 0.05) is 23.4 Å². The van der Waals surface area contributed by atoms with Crippen LogP contribution in [0, 0.1) is 23.7 Å². The third-order valence-corrected chi connectivity index (χ3v) is 6.36. The number of carbonyl (C=O) groups excluding carboxylic acids is 1. The molecule has 0 amide bonds. The second-order valence-corrected chi connectivity index (χ2v) is 9.41. The molecule has 4 rings (SSSR count). The summed E-state index contributed by atoms with van der Waals surface area (Å²) in [6, 6.07) is 18.6. The number of hydrogen-bond donors (Lipinski definition) is 1. The number of nitrogens with two attached hydrogens (primary N) is 1. The van der Waals surface area contributed by atoms with Crippen LogP contribution in [0.3, 0.4) is 0 Å². The Hall–Kier alpha value is -3.32. The van der Waals surface area contributed by atoms with Crippen LogP contribution < -0.4 is 10.6 Å². The van der Waals surface area contributed by atoms with Gasteiger partial charge in [0.05, 0.1) is 17.6 Å². The van der Waals surface area contributed by atoms with E-state index in [1.165, 1.54) is 5.56 Å². The molecule has 1 aliphatic heterocycles. The predicted octanol–water partition coefficient (Wildman–Crippen LogP) is 5.50. The van der Waals surface area contributed by atoms with Gasteiger partial charge in [0.1, 0.15) is 5.82 Å². The van der Waals surface area contributed by atoms with Gasteiger partial charge in [-0.3, -0.25) is 9.69 Å². The van der Waals surface area contributed by atoms with Crippen LogP contribution in [0.2, 0.25) is 0 Å². The predicted molar refractivity (Wildman–Crippen MR) is 124 cm³/mol. The van der Waals surface area contributed by atoms with Crippen molar-refractivity contribution < 1.29 is 4.79 Å². The molecule has 31 heavy (non-hydrogen) atoms. The third kappa shape index (κ3) is 3.65. The highest BCUT2D eigenvalue weighted by Crippen LogP contribution is 2.50. The topological polar surface area (TPSA) is 70.1 Å². The molecule has 0 saturated carbocycles. The molecule has 4 heteroatoms. The number of nitrogens with zero attached hydrogens (tertiary/aromatic N) is 2. The van der Waals surface area contributed by atoms with E-state index in [2.05, 4.69) is 45.0 Å². The lowest BCUT2D eigenvalue weighted by Crippen LogP contribution is -2.42. The average Bonchev–Trinajstić information content (AvgIpc) is 2.72. The van der Waals surface area contributed by atoms with E-state index in [0.29, 0.717) is 17.8 Å². The summed E-state index contributed by atoms with van der Waals surface area (Å²) in [4.78, 5) is 15.4. The van der Waals surface area contributed by atoms with Crippen molar-refractivity contribution in [1.29, 1.82) is 5.26 Å². The van der Waals surface area contributed by atoms with Gasteiger partial charge in [0.25, 0.3) is 0 Å². The number of benzene rings is 2. The van der Waals surface area contributed by atoms with Gasteiger partial charge in [-0.25, -0.2) is 0 Å². The Morgan fingerprint density at radius 2 is 1.87 bits per heavy atom. The highest BCUT2D eigenvalue weighted by atomic mass is 16.1. The van der Waals surface area contributed by atoms with Crippen LogP contribution >= 0.6 is 0 Å². The number of ketones is 1. The maximum Gasteiger partial charge on any atom is 0.162 e. The SMILES string of the molecule is CCc1ccc(C2C(C#N)=C(N)N(c3cccc(C)c3)C3=C2C(=O)CC(C)(C)C3)cc1. The fourth-order valence-corrected chi connectivity index (χ4v) is 4.85. The summed E-state index contributed by atoms with van der Waals surface area (Å²) in [7, 11) is 0. The van der Waals surface area contributed by atoms with Gasteiger partial charge in [0.2, 0.25) is 0 Å². The van der Waals surface area contributed by atoms with Crippen molar-refractivity contribution in [1.82, 2.24) is 0 Å². The van der Waals surface area contributed by atoms with Gasteiger partial charge in [-0.1, -0.05) is 57.2 Å². The van der Waals surface area contributed by atoms with Crippen molar-refractivity contribution in [2.45, 2.75) is 52.9 Å². The highest BCUT2D eigenvalue weighted by molar-refractivity contribution is 6.01. The van der Waals surface area contributed by atoms with E-state index in [0.717, 1.165) is 40.9 Å². The molecular formula is C27H29N3O. The number of carbonyl (C=O) groups is 1. The normalized spacial score (nSPS) is 20.5. The first kappa shape index (κ1) is 20.9. The molecule has 2 aromatic rings. The Labute approximate surface area is 184 Å². The van der Waals surface area contributed by atoms with Gasteiger partial charge in [-0.15, -0.1) is 0 Å². The van der Waals surface area contributed by atoms with Crippen molar-refractivity contribution in [3.63, 3.8) is 0 Å². The Morgan fingerprint density at radius 1 is 1.16 bits per heavy atom. The Morgan fingerprint density at radius 3 is 2.48 bits per heavy atom. The van der Waals surface area contributed by atoms with Gasteiger partial charge in [-0.05, 0) is 54.0 Å². The van der Waals surface area contributed by atoms with Crippen LogP contribution in [0.5, 0.6) is 0 Å². The number of Topliss-reactive ketones (excluding diaryl/α,β-unsaturated/α-hetero) is 1. The maximum absolute atomic E-state index is 13.5. The molecule has 2 N–H and O–H groups in total. The smallest absolute Gasteiger partial charge is 0.162 e. The zero-order valence-electron chi connectivity index (χ0n) is 18.7. The van der Waals surface area contributed by atoms with Crippen molar-refractivity contribution in [2.24, 2.45) is 11.1 Å². The molecule has 4 nitrogen and oxygen atoms in total. The van der Waals surface area contributed by atoms with Gasteiger partial charge >= 0.3 is 0 Å². The van der Waals surface area contributed by atoms with Gasteiger partial charge in [0.15, 0.2) is 5.78 Å². The molecule has 1 aliphatic carbocycles. The van der Waals surface area contributed by atoms with Crippen molar-refractivity contribution in [3.8, 4) is 6.07 Å². The second kappa shape index (κ2) is 7.74. The molecule has 0 fully saturated rings. The lowest BCUT2D eigenvalue weighted by molar-refractivity contribution is -0.118. The standard InChI is InChI=1S/C27H29N3O/c1-5-18-9-11-19(12-10-18)24-21(16-28)26(29)30(20-8-6-7-17(2)13-20)22-14-27(3,4)15-23(31)25(22)24/h6-13,24H,5,14-15,29H2,1-4H3. The zero-order valence-corrected chi connectivity index (χ0v) is 18.7. The molecule has 158 valence electrons. The van der Waals surface area contributed by atoms with E-state index in [1.54, 1.807) is 0 Å². The van der Waals surface area contributed by atoms with E-state index in [-0.39, 0.29) is 11.2 Å². The van der Waals surface area contributed by atoms with E-state index in [4.69, 9.17) is 5.73 Å². The first-order chi connectivity index (χ1) is 14.8. The van der Waals surface area contributed by atoms with Crippen LogP contribution in [0.4, 0.5) is 5.69 Å². The summed E-state index contributed by atoms with van der Waals surface area (Å²) in [5, 5.41) is 10.1. The molecule has 1 atom stereocenters. The highest BCUT2D eigenvalue weighted by Gasteiger charge is 2.44. The molecular weight excluding hydrogens is 382 g/mol. The maximum atomic E-state index is 13.5. The first-order valence-corrected chi connectivity index (χ1v) is 10.9. The summed E-state index contributed by atoms with van der Waals surface area (Å²) < 4.78 is 0. The fraction of sp³-hybridized carbons (Fsp3) is 0.333. The number of hydrogen-bond acceptors (Lipinski definition) is 4. The van der Waals surface area contributed by atoms with E-state index in [9.17, 15) is 10.1 Å². The summed E-state index contributed by atoms with van der Waals surface area (Å²) >= 11 is 0. The lowest BCUT2D eigenvalue weighted by atomic mass is 9.68. The number of rotatable bonds is 3. The Bertz CT molecular complexity index is 1150.